The van der Waals surface area contributed by atoms with Gasteiger partial charge in [0.05, 0.1) is 3.57 Å². The van der Waals surface area contributed by atoms with Gasteiger partial charge >= 0.3 is 0 Å². The maximum atomic E-state index is 6.11. The summed E-state index contributed by atoms with van der Waals surface area (Å²) in [5, 5.41) is 0. The molecule has 0 amide bonds. The highest BCUT2D eigenvalue weighted by Gasteiger charge is 2.20. The first kappa shape index (κ1) is 15.2. The summed E-state index contributed by atoms with van der Waals surface area (Å²) in [6, 6.07) is 12.0. The van der Waals surface area contributed by atoms with E-state index in [0.29, 0.717) is 0 Å². The van der Waals surface area contributed by atoms with Gasteiger partial charge < -0.3 is 10.5 Å². The van der Waals surface area contributed by atoms with Gasteiger partial charge in [-0.25, -0.2) is 0 Å². The molecule has 0 heterocycles. The molecule has 2 aromatic carbocycles. The van der Waals surface area contributed by atoms with Gasteiger partial charge in [-0.1, -0.05) is 38.5 Å². The van der Waals surface area contributed by atoms with E-state index in [1.54, 1.807) is 0 Å². The van der Waals surface area contributed by atoms with Gasteiger partial charge in [0.15, 0.2) is 0 Å². The molecule has 0 aromatic heterocycles. The first-order chi connectivity index (χ1) is 9.27. The van der Waals surface area contributed by atoms with Crippen LogP contribution in [0.4, 0.5) is 5.69 Å². The molecule has 0 unspecified atom stereocenters. The first-order valence-electron chi connectivity index (χ1n) is 6.61. The van der Waals surface area contributed by atoms with E-state index >= 15 is 0 Å². The summed E-state index contributed by atoms with van der Waals surface area (Å²) in [5.74, 6) is 1.75. The van der Waals surface area contributed by atoms with Crippen LogP contribution in [0.25, 0.3) is 0 Å². The van der Waals surface area contributed by atoms with E-state index in [9.17, 15) is 0 Å². The summed E-state index contributed by atoms with van der Waals surface area (Å²) in [7, 11) is 0. The van der Waals surface area contributed by atoms with Crippen LogP contribution in [0, 0.1) is 10.5 Å². The molecule has 20 heavy (non-hydrogen) atoms. The lowest BCUT2D eigenvalue weighted by molar-refractivity contribution is 0.452. The summed E-state index contributed by atoms with van der Waals surface area (Å²) in [5.41, 5.74) is 9.03. The summed E-state index contributed by atoms with van der Waals surface area (Å²) in [4.78, 5) is 0. The van der Waals surface area contributed by atoms with E-state index in [0.717, 1.165) is 20.8 Å². The molecule has 0 saturated carbocycles. The third kappa shape index (κ3) is 3.45. The minimum Gasteiger partial charge on any atom is -0.456 e. The monoisotopic (exact) mass is 381 g/mol. The molecule has 0 aliphatic carbocycles. The van der Waals surface area contributed by atoms with Gasteiger partial charge in [-0.3, -0.25) is 0 Å². The van der Waals surface area contributed by atoms with Crippen molar-refractivity contribution >= 4 is 28.3 Å². The second-order valence-corrected chi connectivity index (χ2v) is 7.20. The number of nitrogen functional groups attached to an aromatic ring is 1. The third-order valence-corrected chi connectivity index (χ3v) is 3.96. The van der Waals surface area contributed by atoms with Gasteiger partial charge in [-0.05, 0) is 59.2 Å². The highest BCUT2D eigenvalue weighted by molar-refractivity contribution is 14.1. The largest absolute Gasteiger partial charge is 0.456 e. The van der Waals surface area contributed by atoms with Crippen LogP contribution >= 0.6 is 22.6 Å². The maximum Gasteiger partial charge on any atom is 0.140 e. The topological polar surface area (TPSA) is 35.2 Å². The van der Waals surface area contributed by atoms with Crippen molar-refractivity contribution in [3.8, 4) is 11.5 Å². The predicted octanol–water partition coefficient (Wildman–Crippen LogP) is 5.27. The molecule has 2 rings (SSSR count). The lowest BCUT2D eigenvalue weighted by Crippen LogP contribution is -2.13. The molecule has 0 spiro atoms. The quantitative estimate of drug-likeness (QED) is 0.568. The van der Waals surface area contributed by atoms with E-state index in [-0.39, 0.29) is 5.41 Å². The lowest BCUT2D eigenvalue weighted by Gasteiger charge is -2.23. The molecule has 0 aliphatic heterocycles. The Hall–Kier alpha value is -1.23. The highest BCUT2D eigenvalue weighted by Crippen LogP contribution is 2.36. The number of hydrogen-bond acceptors (Lipinski definition) is 2. The fraction of sp³-hybridized carbons (Fsp3) is 0.294. The van der Waals surface area contributed by atoms with Crippen LogP contribution in [0.1, 0.15) is 31.9 Å². The predicted molar refractivity (Wildman–Crippen MR) is 93.5 cm³/mol. The van der Waals surface area contributed by atoms with E-state index < -0.39 is 0 Å². The second kappa shape index (κ2) is 5.64. The van der Waals surface area contributed by atoms with Crippen molar-refractivity contribution in [1.82, 2.24) is 0 Å². The van der Waals surface area contributed by atoms with Gasteiger partial charge in [0.1, 0.15) is 11.5 Å². The van der Waals surface area contributed by atoms with Crippen LogP contribution in [-0.4, -0.2) is 0 Å². The van der Waals surface area contributed by atoms with Gasteiger partial charge in [0.2, 0.25) is 0 Å². The fourth-order valence-corrected chi connectivity index (χ4v) is 2.69. The van der Waals surface area contributed by atoms with E-state index in [2.05, 4.69) is 62.4 Å². The standard InChI is InChI=1S/C17H20INO/c1-11-5-7-15(13(9-11)17(2,3)4)20-16-8-6-12(19)10-14(16)18/h5-10H,19H2,1-4H3. The Morgan fingerprint density at radius 3 is 2.25 bits per heavy atom. The molecule has 0 atom stereocenters. The first-order valence-corrected chi connectivity index (χ1v) is 7.69. The van der Waals surface area contributed by atoms with Crippen LogP contribution < -0.4 is 10.5 Å². The number of hydrogen-bond donors (Lipinski definition) is 1. The number of anilines is 1. The SMILES string of the molecule is Cc1ccc(Oc2ccc(N)cc2I)c(C(C)(C)C)c1. The summed E-state index contributed by atoms with van der Waals surface area (Å²) in [6.07, 6.45) is 0. The number of nitrogens with two attached hydrogens (primary N) is 1. The van der Waals surface area contributed by atoms with E-state index in [4.69, 9.17) is 10.5 Å². The molecule has 0 aliphatic rings. The van der Waals surface area contributed by atoms with Crippen molar-refractivity contribution in [1.29, 1.82) is 0 Å². The van der Waals surface area contributed by atoms with Crippen LogP contribution in [0.5, 0.6) is 11.5 Å². The van der Waals surface area contributed by atoms with Gasteiger partial charge in [-0.2, -0.15) is 0 Å². The Bertz CT molecular complexity index is 629. The van der Waals surface area contributed by atoms with Crippen LogP contribution in [0.3, 0.4) is 0 Å². The number of halogens is 1. The molecule has 0 fully saturated rings. The summed E-state index contributed by atoms with van der Waals surface area (Å²) >= 11 is 2.25. The molecule has 0 saturated heterocycles. The molecule has 0 bridgehead atoms. The number of benzene rings is 2. The van der Waals surface area contributed by atoms with Crippen molar-refractivity contribution in [3.63, 3.8) is 0 Å². The van der Waals surface area contributed by atoms with E-state index in [1.807, 2.05) is 24.3 Å². The molecule has 2 nitrogen and oxygen atoms in total. The van der Waals surface area contributed by atoms with Crippen LogP contribution in [0.15, 0.2) is 36.4 Å². The van der Waals surface area contributed by atoms with Crippen molar-refractivity contribution in [2.24, 2.45) is 0 Å². The van der Waals surface area contributed by atoms with Gasteiger partial charge in [-0.15, -0.1) is 0 Å². The maximum absolute atomic E-state index is 6.11. The smallest absolute Gasteiger partial charge is 0.140 e. The minimum absolute atomic E-state index is 0.0423. The molecule has 3 heteroatoms. The molecule has 2 aromatic rings. The third-order valence-electron chi connectivity index (χ3n) is 3.12. The average molecular weight is 381 g/mol. The minimum atomic E-state index is 0.0423. The number of aryl methyl sites for hydroxylation is 1. The summed E-state index contributed by atoms with van der Waals surface area (Å²) < 4.78 is 7.13. The average Bonchev–Trinajstić information content (AvgIpc) is 2.33. The Kier molecular flexibility index (Phi) is 4.28. The Morgan fingerprint density at radius 2 is 1.65 bits per heavy atom. The second-order valence-electron chi connectivity index (χ2n) is 6.04. The van der Waals surface area contributed by atoms with E-state index in [1.165, 1.54) is 11.1 Å². The molecular formula is C17H20INO. The summed E-state index contributed by atoms with van der Waals surface area (Å²) in [6.45, 7) is 8.69. The zero-order valence-electron chi connectivity index (χ0n) is 12.3. The normalized spacial score (nSPS) is 11.4. The molecule has 106 valence electrons. The van der Waals surface area contributed by atoms with Crippen molar-refractivity contribution in [2.45, 2.75) is 33.1 Å². The number of ether oxygens (including phenoxy) is 1. The zero-order valence-corrected chi connectivity index (χ0v) is 14.5. The number of rotatable bonds is 2. The lowest BCUT2D eigenvalue weighted by atomic mass is 9.85. The zero-order chi connectivity index (χ0) is 14.9. The van der Waals surface area contributed by atoms with Crippen LogP contribution in [-0.2, 0) is 5.41 Å². The fourth-order valence-electron chi connectivity index (χ4n) is 2.04. The van der Waals surface area contributed by atoms with Crippen LogP contribution in [0.2, 0.25) is 0 Å². The highest BCUT2D eigenvalue weighted by atomic mass is 127. The molecule has 0 radical (unpaired) electrons. The van der Waals surface area contributed by atoms with Crippen molar-refractivity contribution in [3.05, 3.63) is 51.1 Å². The van der Waals surface area contributed by atoms with Crippen molar-refractivity contribution < 1.29 is 4.74 Å². The molecular weight excluding hydrogens is 361 g/mol. The van der Waals surface area contributed by atoms with Crippen molar-refractivity contribution in [2.75, 3.05) is 5.73 Å². The van der Waals surface area contributed by atoms with Gasteiger partial charge in [0.25, 0.3) is 0 Å². The van der Waals surface area contributed by atoms with Gasteiger partial charge in [0, 0.05) is 11.3 Å². The Labute approximate surface area is 134 Å². The molecule has 2 N–H and O–H groups in total. The Morgan fingerprint density at radius 1 is 1.00 bits per heavy atom. The Balaban J connectivity index is 2.43.